The summed E-state index contributed by atoms with van der Waals surface area (Å²) < 4.78 is 2.82. The van der Waals surface area contributed by atoms with Gasteiger partial charge >= 0.3 is 0 Å². The Kier molecular flexibility index (Phi) is 4.47. The Hall–Kier alpha value is -1.37. The number of rotatable bonds is 3. The topological polar surface area (TPSA) is 67.2 Å². The maximum absolute atomic E-state index is 12.2. The zero-order valence-corrected chi connectivity index (χ0v) is 13.5. The Balaban J connectivity index is 2.27. The molecule has 20 heavy (non-hydrogen) atoms. The van der Waals surface area contributed by atoms with Gasteiger partial charge in [-0.15, -0.1) is 0 Å². The van der Waals surface area contributed by atoms with E-state index in [1.807, 2.05) is 25.5 Å². The number of carbonyl (C=O) groups is 2. The molecule has 1 unspecified atom stereocenters. The van der Waals surface area contributed by atoms with Gasteiger partial charge in [0.2, 0.25) is 11.8 Å². The monoisotopic (exact) mass is 342 g/mol. The number of hydrogen-bond acceptors (Lipinski definition) is 3. The van der Waals surface area contributed by atoms with E-state index in [-0.39, 0.29) is 24.4 Å². The van der Waals surface area contributed by atoms with Crippen molar-refractivity contribution in [3.63, 3.8) is 0 Å². The molecule has 1 aliphatic rings. The Morgan fingerprint density at radius 2 is 2.15 bits per heavy atom. The van der Waals surface area contributed by atoms with Crippen LogP contribution in [-0.4, -0.2) is 39.1 Å². The number of halogens is 1. The van der Waals surface area contributed by atoms with Gasteiger partial charge in [-0.3, -0.25) is 14.3 Å². The molecule has 1 aromatic rings. The van der Waals surface area contributed by atoms with E-state index in [9.17, 15) is 9.59 Å². The molecule has 6 nitrogen and oxygen atoms in total. The van der Waals surface area contributed by atoms with Crippen LogP contribution < -0.4 is 5.32 Å². The van der Waals surface area contributed by atoms with E-state index in [1.54, 1.807) is 4.90 Å². The number of aromatic nitrogens is 2. The molecular formula is C13H19BrN4O2. The zero-order valence-electron chi connectivity index (χ0n) is 11.9. The van der Waals surface area contributed by atoms with Crippen LogP contribution in [0.4, 0.5) is 0 Å². The summed E-state index contributed by atoms with van der Waals surface area (Å²) >= 11 is 3.54. The molecule has 2 rings (SSSR count). The van der Waals surface area contributed by atoms with E-state index >= 15 is 0 Å². The molecule has 2 amide bonds. The third-order valence-electron chi connectivity index (χ3n) is 3.54. The van der Waals surface area contributed by atoms with Crippen LogP contribution in [0.1, 0.15) is 31.7 Å². The van der Waals surface area contributed by atoms with E-state index in [4.69, 9.17) is 0 Å². The van der Waals surface area contributed by atoms with E-state index in [2.05, 4.69) is 26.3 Å². The number of hydrogen-bond donors (Lipinski definition) is 1. The lowest BCUT2D eigenvalue weighted by Gasteiger charge is -2.26. The molecule has 2 heterocycles. The molecule has 0 spiro atoms. The summed E-state index contributed by atoms with van der Waals surface area (Å²) in [5.41, 5.74) is 1.88. The second-order valence-corrected chi connectivity index (χ2v) is 5.81. The first-order valence-corrected chi connectivity index (χ1v) is 7.51. The van der Waals surface area contributed by atoms with Gasteiger partial charge in [0.15, 0.2) is 0 Å². The molecule has 0 radical (unpaired) electrons. The molecule has 1 fully saturated rings. The van der Waals surface area contributed by atoms with Crippen molar-refractivity contribution < 1.29 is 9.59 Å². The highest BCUT2D eigenvalue weighted by atomic mass is 79.9. The number of carbonyl (C=O) groups excluding carboxylic acids is 2. The van der Waals surface area contributed by atoms with Crippen molar-refractivity contribution in [2.75, 3.05) is 6.54 Å². The average molecular weight is 343 g/mol. The van der Waals surface area contributed by atoms with Gasteiger partial charge in [0.25, 0.3) is 0 Å². The quantitative estimate of drug-likeness (QED) is 0.897. The maximum atomic E-state index is 12.2. The third-order valence-corrected chi connectivity index (χ3v) is 4.57. The normalized spacial score (nSPS) is 20.0. The minimum Gasteiger partial charge on any atom is -0.347 e. The lowest BCUT2D eigenvalue weighted by Crippen LogP contribution is -2.39. The Labute approximate surface area is 126 Å². The SMILES string of the molecule is CCn1nc(C)c(Br)c1CN1C(=O)CNC(=O)CC1C. The fourth-order valence-electron chi connectivity index (χ4n) is 2.40. The lowest BCUT2D eigenvalue weighted by atomic mass is 10.2. The van der Waals surface area contributed by atoms with Crippen LogP contribution in [0.5, 0.6) is 0 Å². The van der Waals surface area contributed by atoms with Crippen LogP contribution in [0, 0.1) is 6.92 Å². The maximum Gasteiger partial charge on any atom is 0.242 e. The summed E-state index contributed by atoms with van der Waals surface area (Å²) in [5.74, 6) is -0.135. The molecule has 0 saturated carbocycles. The fraction of sp³-hybridized carbons (Fsp3) is 0.615. The minimum absolute atomic E-state index is 0.0586. The summed E-state index contributed by atoms with van der Waals surface area (Å²) in [6.07, 6.45) is 0.336. The van der Waals surface area contributed by atoms with Crippen molar-refractivity contribution in [3.8, 4) is 0 Å². The molecule has 1 aromatic heterocycles. The van der Waals surface area contributed by atoms with Gasteiger partial charge < -0.3 is 10.2 Å². The molecule has 1 N–H and O–H groups in total. The van der Waals surface area contributed by atoms with Crippen LogP contribution in [0.3, 0.4) is 0 Å². The summed E-state index contributed by atoms with van der Waals surface area (Å²) in [6, 6.07) is -0.114. The summed E-state index contributed by atoms with van der Waals surface area (Å²) in [7, 11) is 0. The van der Waals surface area contributed by atoms with Crippen molar-refractivity contribution in [3.05, 3.63) is 15.9 Å². The highest BCUT2D eigenvalue weighted by Crippen LogP contribution is 2.24. The van der Waals surface area contributed by atoms with Crippen LogP contribution >= 0.6 is 15.9 Å². The molecule has 0 aliphatic carbocycles. The number of aryl methyl sites for hydroxylation is 2. The Bertz CT molecular complexity index is 541. The molecule has 0 aromatic carbocycles. The summed E-state index contributed by atoms with van der Waals surface area (Å²) in [4.78, 5) is 25.4. The van der Waals surface area contributed by atoms with Crippen LogP contribution in [0.2, 0.25) is 0 Å². The first-order valence-electron chi connectivity index (χ1n) is 6.72. The van der Waals surface area contributed by atoms with Gasteiger partial charge in [0.05, 0.1) is 29.0 Å². The molecule has 1 atom stereocenters. The molecule has 110 valence electrons. The van der Waals surface area contributed by atoms with Crippen LogP contribution in [0.15, 0.2) is 4.47 Å². The molecular weight excluding hydrogens is 324 g/mol. The summed E-state index contributed by atoms with van der Waals surface area (Å²) in [6.45, 7) is 7.12. The lowest BCUT2D eigenvalue weighted by molar-refractivity contribution is -0.132. The van der Waals surface area contributed by atoms with Crippen molar-refractivity contribution in [1.29, 1.82) is 0 Å². The fourth-order valence-corrected chi connectivity index (χ4v) is 2.81. The van der Waals surface area contributed by atoms with Gasteiger partial charge in [-0.2, -0.15) is 5.10 Å². The highest BCUT2D eigenvalue weighted by Gasteiger charge is 2.28. The highest BCUT2D eigenvalue weighted by molar-refractivity contribution is 9.10. The van der Waals surface area contributed by atoms with Gasteiger partial charge in [-0.05, 0) is 36.7 Å². The van der Waals surface area contributed by atoms with E-state index in [1.165, 1.54) is 0 Å². The molecule has 0 bridgehead atoms. The first kappa shape index (κ1) is 15.0. The Morgan fingerprint density at radius 1 is 1.45 bits per heavy atom. The number of nitrogens with zero attached hydrogens (tertiary/aromatic N) is 3. The average Bonchev–Trinajstić information content (AvgIpc) is 2.61. The van der Waals surface area contributed by atoms with E-state index in [0.29, 0.717) is 13.0 Å². The molecule has 1 saturated heterocycles. The third kappa shape index (κ3) is 2.87. The predicted octanol–water partition coefficient (Wildman–Crippen LogP) is 1.21. The zero-order chi connectivity index (χ0) is 14.9. The van der Waals surface area contributed by atoms with Gasteiger partial charge in [0.1, 0.15) is 0 Å². The van der Waals surface area contributed by atoms with Gasteiger partial charge in [0, 0.05) is 19.0 Å². The number of amides is 2. The van der Waals surface area contributed by atoms with Crippen molar-refractivity contribution >= 4 is 27.7 Å². The standard InChI is InChI=1S/C13H19BrN4O2/c1-4-18-10(13(14)9(3)16-18)7-17-8(2)5-11(19)15-6-12(17)20/h8H,4-7H2,1-3H3,(H,15,19). The molecule has 1 aliphatic heterocycles. The second-order valence-electron chi connectivity index (χ2n) is 5.01. The second kappa shape index (κ2) is 5.95. The largest absolute Gasteiger partial charge is 0.347 e. The van der Waals surface area contributed by atoms with E-state index < -0.39 is 0 Å². The van der Waals surface area contributed by atoms with Crippen LogP contribution in [0.25, 0.3) is 0 Å². The minimum atomic E-state index is -0.114. The van der Waals surface area contributed by atoms with Gasteiger partial charge in [-0.25, -0.2) is 0 Å². The smallest absolute Gasteiger partial charge is 0.242 e. The van der Waals surface area contributed by atoms with Gasteiger partial charge in [-0.1, -0.05) is 0 Å². The van der Waals surface area contributed by atoms with Crippen LogP contribution in [-0.2, 0) is 22.7 Å². The van der Waals surface area contributed by atoms with Crippen molar-refractivity contribution in [2.24, 2.45) is 0 Å². The summed E-state index contributed by atoms with van der Waals surface area (Å²) in [5, 5.41) is 7.06. The van der Waals surface area contributed by atoms with Crippen molar-refractivity contribution in [2.45, 2.75) is 46.3 Å². The van der Waals surface area contributed by atoms with Crippen molar-refractivity contribution in [1.82, 2.24) is 20.0 Å². The molecule has 7 heteroatoms. The number of nitrogens with one attached hydrogen (secondary N) is 1. The predicted molar refractivity (Wildman–Crippen MR) is 78.0 cm³/mol. The first-order chi connectivity index (χ1) is 9.43. The van der Waals surface area contributed by atoms with E-state index in [0.717, 1.165) is 22.4 Å². The Morgan fingerprint density at radius 3 is 2.80 bits per heavy atom.